The van der Waals surface area contributed by atoms with Gasteiger partial charge in [0.15, 0.2) is 0 Å². The Morgan fingerprint density at radius 1 is 1.21 bits per heavy atom. The molecule has 0 bridgehead atoms. The number of carbonyl (C=O) groups excluding carboxylic acids is 3. The van der Waals surface area contributed by atoms with E-state index in [1.165, 1.54) is 16.1 Å². The van der Waals surface area contributed by atoms with E-state index in [0.29, 0.717) is 25.2 Å². The van der Waals surface area contributed by atoms with Gasteiger partial charge in [-0.2, -0.15) is 0 Å². The first-order valence-electron chi connectivity index (χ1n) is 9.59. The highest BCUT2D eigenvalue weighted by Gasteiger charge is 2.32. The number of para-hydroxylation sites is 1. The second-order valence-electron chi connectivity index (χ2n) is 6.98. The zero-order valence-electron chi connectivity index (χ0n) is 16.2. The van der Waals surface area contributed by atoms with Crippen molar-refractivity contribution in [1.82, 2.24) is 15.1 Å². The number of hydrogen-bond donors (Lipinski definition) is 3. The van der Waals surface area contributed by atoms with Crippen molar-refractivity contribution in [2.45, 2.75) is 25.7 Å². The van der Waals surface area contributed by atoms with Crippen LogP contribution in [0.4, 0.5) is 0 Å². The van der Waals surface area contributed by atoms with Gasteiger partial charge in [0.1, 0.15) is 5.58 Å². The van der Waals surface area contributed by atoms with Gasteiger partial charge in [-0.05, 0) is 25.0 Å². The van der Waals surface area contributed by atoms with Gasteiger partial charge < -0.3 is 29.6 Å². The summed E-state index contributed by atoms with van der Waals surface area (Å²) < 4.78 is 5.45. The van der Waals surface area contributed by atoms with Gasteiger partial charge in [0.25, 0.3) is 0 Å². The van der Waals surface area contributed by atoms with Crippen molar-refractivity contribution in [1.29, 1.82) is 0 Å². The Morgan fingerprint density at radius 2 is 1.90 bits per heavy atom. The molecule has 0 radical (unpaired) electrons. The molecule has 1 aromatic heterocycles. The van der Waals surface area contributed by atoms with Gasteiger partial charge in [-0.25, -0.2) is 0 Å². The Bertz CT molecular complexity index is 899. The predicted molar refractivity (Wildman–Crippen MR) is 105 cm³/mol. The molecule has 29 heavy (non-hydrogen) atoms. The summed E-state index contributed by atoms with van der Waals surface area (Å²) in [5.41, 5.74) is 1.42. The number of fused-ring (bicyclic) bond motifs is 1. The zero-order chi connectivity index (χ0) is 21.0. The van der Waals surface area contributed by atoms with Gasteiger partial charge >= 0.3 is 18.9 Å². The quantitative estimate of drug-likeness (QED) is 0.407. The number of nitrogens with zero attached hydrogens (tertiary/aromatic N) is 2. The first-order chi connectivity index (χ1) is 13.9. The number of amides is 3. The minimum Gasteiger partial charge on any atom is -0.464 e. The molecule has 1 aliphatic heterocycles. The van der Waals surface area contributed by atoms with E-state index in [9.17, 15) is 24.4 Å². The minimum atomic E-state index is -1.76. The van der Waals surface area contributed by atoms with E-state index < -0.39 is 30.8 Å². The normalized spacial score (nSPS) is 15.7. The van der Waals surface area contributed by atoms with Crippen LogP contribution in [0.25, 0.3) is 11.0 Å². The number of likely N-dealkylation sites (N-methyl/N-ethyl adjacent to an activating group) is 1. The average Bonchev–Trinajstić information content (AvgIpc) is 3.11. The van der Waals surface area contributed by atoms with E-state index >= 15 is 0 Å². The van der Waals surface area contributed by atoms with Crippen LogP contribution in [-0.4, -0.2) is 76.8 Å². The van der Waals surface area contributed by atoms with E-state index in [1.807, 2.05) is 18.2 Å². The van der Waals surface area contributed by atoms with E-state index in [2.05, 4.69) is 5.32 Å². The summed E-state index contributed by atoms with van der Waals surface area (Å²) in [5.74, 6) is -2.55. The standard InChI is InChI=1S/C19H24BN3O6/c1-2-22-9-10-23(19(26)18(22)25)8-7-17(24)21-16(20(27)28)11-13-12-29-15-6-4-3-5-14(13)15/h3-6,12,16,27-28H,2,7-11H2,1H3,(H,21,24)/t16-/m0/s1. The highest BCUT2D eigenvalue weighted by atomic mass is 16.4. The molecule has 1 saturated heterocycles. The molecule has 0 saturated carbocycles. The molecule has 0 spiro atoms. The number of hydrogen-bond acceptors (Lipinski definition) is 6. The van der Waals surface area contributed by atoms with Crippen molar-refractivity contribution >= 4 is 35.8 Å². The van der Waals surface area contributed by atoms with Gasteiger partial charge in [0, 0.05) is 38.0 Å². The lowest BCUT2D eigenvalue weighted by atomic mass is 9.76. The van der Waals surface area contributed by atoms with Crippen LogP contribution < -0.4 is 5.32 Å². The molecular formula is C19H24BN3O6. The molecule has 1 fully saturated rings. The molecule has 1 aliphatic rings. The molecule has 2 aromatic rings. The van der Waals surface area contributed by atoms with Gasteiger partial charge in [-0.1, -0.05) is 18.2 Å². The molecule has 10 heteroatoms. The molecule has 0 aliphatic carbocycles. The fourth-order valence-corrected chi connectivity index (χ4v) is 3.40. The fraction of sp³-hybridized carbons (Fsp3) is 0.421. The summed E-state index contributed by atoms with van der Waals surface area (Å²) in [5, 5.41) is 22.8. The Hall–Kier alpha value is -2.85. The third-order valence-corrected chi connectivity index (χ3v) is 5.09. The number of benzene rings is 1. The van der Waals surface area contributed by atoms with Crippen LogP contribution in [0.3, 0.4) is 0 Å². The summed E-state index contributed by atoms with van der Waals surface area (Å²) >= 11 is 0. The number of carbonyl (C=O) groups is 3. The van der Waals surface area contributed by atoms with Crippen LogP contribution in [-0.2, 0) is 20.8 Å². The molecule has 3 amide bonds. The number of nitrogens with one attached hydrogen (secondary N) is 1. The van der Waals surface area contributed by atoms with Crippen LogP contribution in [0.1, 0.15) is 18.9 Å². The lowest BCUT2D eigenvalue weighted by Gasteiger charge is -2.33. The van der Waals surface area contributed by atoms with Gasteiger partial charge in [0.2, 0.25) is 5.91 Å². The summed E-state index contributed by atoms with van der Waals surface area (Å²) in [6, 6.07) is 7.34. The lowest BCUT2D eigenvalue weighted by molar-refractivity contribution is -0.156. The van der Waals surface area contributed by atoms with Crippen LogP contribution in [0.2, 0.25) is 0 Å². The van der Waals surface area contributed by atoms with E-state index in [-0.39, 0.29) is 19.4 Å². The maximum absolute atomic E-state index is 12.3. The molecule has 3 N–H and O–H groups in total. The van der Waals surface area contributed by atoms with Crippen LogP contribution in [0.5, 0.6) is 0 Å². The summed E-state index contributed by atoms with van der Waals surface area (Å²) in [6.45, 7) is 3.18. The average molecular weight is 401 g/mol. The number of rotatable bonds is 8. The molecule has 1 atom stereocenters. The topological polar surface area (TPSA) is 123 Å². The number of furan rings is 1. The Labute approximate surface area is 168 Å². The Balaban J connectivity index is 1.56. The van der Waals surface area contributed by atoms with E-state index in [4.69, 9.17) is 4.42 Å². The molecule has 2 heterocycles. The van der Waals surface area contributed by atoms with Crippen LogP contribution in [0.15, 0.2) is 34.9 Å². The smallest absolute Gasteiger partial charge is 0.464 e. The maximum Gasteiger partial charge on any atom is 0.475 e. The third-order valence-electron chi connectivity index (χ3n) is 5.09. The van der Waals surface area contributed by atoms with Crippen molar-refractivity contribution in [3.63, 3.8) is 0 Å². The van der Waals surface area contributed by atoms with Crippen LogP contribution in [0, 0.1) is 0 Å². The van der Waals surface area contributed by atoms with E-state index in [1.54, 1.807) is 13.0 Å². The van der Waals surface area contributed by atoms with E-state index in [0.717, 1.165) is 10.9 Å². The van der Waals surface area contributed by atoms with Crippen molar-refractivity contribution in [2.75, 3.05) is 26.2 Å². The second-order valence-corrected chi connectivity index (χ2v) is 6.98. The minimum absolute atomic E-state index is 0.0412. The second kappa shape index (κ2) is 9.10. The third kappa shape index (κ3) is 4.77. The first kappa shape index (κ1) is 20.9. The molecular weight excluding hydrogens is 377 g/mol. The zero-order valence-corrected chi connectivity index (χ0v) is 16.2. The largest absolute Gasteiger partial charge is 0.475 e. The fourth-order valence-electron chi connectivity index (χ4n) is 3.40. The monoisotopic (exact) mass is 401 g/mol. The van der Waals surface area contributed by atoms with Crippen molar-refractivity contribution < 1.29 is 28.8 Å². The van der Waals surface area contributed by atoms with Crippen molar-refractivity contribution in [2.24, 2.45) is 0 Å². The lowest BCUT2D eigenvalue weighted by Crippen LogP contribution is -2.55. The van der Waals surface area contributed by atoms with Crippen LogP contribution >= 0.6 is 0 Å². The summed E-state index contributed by atoms with van der Waals surface area (Å²) in [6.07, 6.45) is 1.66. The van der Waals surface area contributed by atoms with Gasteiger partial charge in [-0.15, -0.1) is 0 Å². The maximum atomic E-state index is 12.3. The number of piperazine rings is 1. The van der Waals surface area contributed by atoms with Crippen molar-refractivity contribution in [3.8, 4) is 0 Å². The van der Waals surface area contributed by atoms with Gasteiger partial charge in [0.05, 0.1) is 12.2 Å². The molecule has 3 rings (SSSR count). The molecule has 1 aromatic carbocycles. The first-order valence-corrected chi connectivity index (χ1v) is 9.59. The Kier molecular flexibility index (Phi) is 6.55. The molecule has 9 nitrogen and oxygen atoms in total. The highest BCUT2D eigenvalue weighted by Crippen LogP contribution is 2.22. The summed E-state index contributed by atoms with van der Waals surface area (Å²) in [7, 11) is -1.76. The SMILES string of the molecule is CCN1CCN(CCC(=O)N[C@@H](Cc2coc3ccccc23)B(O)O)C(=O)C1=O. The highest BCUT2D eigenvalue weighted by molar-refractivity contribution is 6.43. The summed E-state index contributed by atoms with van der Waals surface area (Å²) in [4.78, 5) is 39.1. The molecule has 0 unspecified atom stereocenters. The van der Waals surface area contributed by atoms with Gasteiger partial charge in [-0.3, -0.25) is 14.4 Å². The van der Waals surface area contributed by atoms with Crippen molar-refractivity contribution in [3.05, 3.63) is 36.1 Å². The molecule has 154 valence electrons. The predicted octanol–water partition coefficient (Wildman–Crippen LogP) is -0.447. The Morgan fingerprint density at radius 3 is 2.62 bits per heavy atom.